The summed E-state index contributed by atoms with van der Waals surface area (Å²) >= 11 is 4.93. The van der Waals surface area contributed by atoms with Crippen molar-refractivity contribution in [3.05, 3.63) is 29.6 Å². The Morgan fingerprint density at radius 2 is 2.25 bits per heavy atom. The second kappa shape index (κ2) is 6.66. The van der Waals surface area contributed by atoms with Gasteiger partial charge in [-0.05, 0) is 12.1 Å². The molecule has 3 nitrogen and oxygen atoms in total. The van der Waals surface area contributed by atoms with Crippen molar-refractivity contribution in [3.63, 3.8) is 0 Å². The molecule has 0 bridgehead atoms. The van der Waals surface area contributed by atoms with Gasteiger partial charge in [-0.3, -0.25) is 0 Å². The molecule has 1 aromatic rings. The molecule has 1 fully saturated rings. The van der Waals surface area contributed by atoms with Gasteiger partial charge in [0, 0.05) is 40.4 Å². The summed E-state index contributed by atoms with van der Waals surface area (Å²) < 4.78 is 38.4. The van der Waals surface area contributed by atoms with Crippen LogP contribution >= 0.6 is 27.7 Å². The fraction of sp³-hybridized carbons (Fsp3) is 0.538. The highest BCUT2D eigenvalue weighted by molar-refractivity contribution is 9.08. The van der Waals surface area contributed by atoms with Gasteiger partial charge in [0.2, 0.25) is 0 Å². The van der Waals surface area contributed by atoms with E-state index >= 15 is 0 Å². The Morgan fingerprint density at radius 1 is 1.50 bits per heavy atom. The lowest BCUT2D eigenvalue weighted by molar-refractivity contribution is 0.578. The molecule has 112 valence electrons. The van der Waals surface area contributed by atoms with E-state index in [4.69, 9.17) is 0 Å². The molecular weight excluding hydrogens is 365 g/mol. The molecule has 0 radical (unpaired) electrons. The zero-order valence-corrected chi connectivity index (χ0v) is 14.4. The molecule has 1 saturated heterocycles. The molecule has 1 atom stereocenters. The first-order chi connectivity index (χ1) is 9.51. The van der Waals surface area contributed by atoms with Gasteiger partial charge in [0.1, 0.15) is 11.2 Å². The minimum Gasteiger partial charge on any atom is -0.353 e. The van der Waals surface area contributed by atoms with Gasteiger partial charge in [0.05, 0.1) is 0 Å². The summed E-state index contributed by atoms with van der Waals surface area (Å²) in [6.07, 6.45) is 0. The Balaban J connectivity index is 2.46. The molecule has 1 heterocycles. The van der Waals surface area contributed by atoms with E-state index in [0.29, 0.717) is 28.9 Å². The van der Waals surface area contributed by atoms with Crippen LogP contribution in [0.1, 0.15) is 12.5 Å². The predicted molar refractivity (Wildman–Crippen MR) is 87.0 cm³/mol. The molecule has 0 spiro atoms. The quantitative estimate of drug-likeness (QED) is 0.751. The number of hydrogen-bond donors (Lipinski definition) is 0. The fourth-order valence-electron chi connectivity index (χ4n) is 2.30. The van der Waals surface area contributed by atoms with E-state index in [1.807, 2.05) is 4.90 Å². The van der Waals surface area contributed by atoms with Gasteiger partial charge < -0.3 is 4.90 Å². The normalized spacial score (nSPS) is 20.1. The summed E-state index contributed by atoms with van der Waals surface area (Å²) in [7, 11) is -3.19. The molecule has 1 aliphatic rings. The first-order valence-electron chi connectivity index (χ1n) is 6.40. The van der Waals surface area contributed by atoms with Crippen LogP contribution in [-0.2, 0) is 15.2 Å². The van der Waals surface area contributed by atoms with Gasteiger partial charge >= 0.3 is 0 Å². The predicted octanol–water partition coefficient (Wildman–Crippen LogP) is 3.03. The van der Waals surface area contributed by atoms with Crippen molar-refractivity contribution in [1.29, 1.82) is 0 Å². The third-order valence-electron chi connectivity index (χ3n) is 3.44. The van der Waals surface area contributed by atoms with E-state index in [1.165, 1.54) is 6.07 Å². The maximum Gasteiger partial charge on any atom is 0.171 e. The lowest BCUT2D eigenvalue weighted by Crippen LogP contribution is -2.48. The molecule has 1 aromatic carbocycles. The molecule has 20 heavy (non-hydrogen) atoms. The summed E-state index contributed by atoms with van der Waals surface area (Å²) in [5.74, 6) is 1.20. The van der Waals surface area contributed by atoms with Crippen molar-refractivity contribution in [3.8, 4) is 0 Å². The molecule has 0 aromatic heterocycles. The second-order valence-electron chi connectivity index (χ2n) is 4.55. The maximum atomic E-state index is 13.9. The first kappa shape index (κ1) is 16.1. The van der Waals surface area contributed by atoms with E-state index in [1.54, 1.807) is 30.8 Å². The molecular formula is C13H17BrFNO2S2. The fourth-order valence-corrected chi connectivity index (χ4v) is 5.83. The molecule has 1 unspecified atom stereocenters. The van der Waals surface area contributed by atoms with Gasteiger partial charge in [0.25, 0.3) is 0 Å². The van der Waals surface area contributed by atoms with Gasteiger partial charge in [-0.25, -0.2) is 12.8 Å². The highest BCUT2D eigenvalue weighted by atomic mass is 79.9. The number of halogens is 2. The smallest absolute Gasteiger partial charge is 0.171 e. The highest BCUT2D eigenvalue weighted by Gasteiger charge is 2.34. The van der Waals surface area contributed by atoms with Crippen molar-refractivity contribution >= 4 is 43.2 Å². The third kappa shape index (κ3) is 3.14. The number of rotatable bonds is 4. The van der Waals surface area contributed by atoms with Crippen LogP contribution in [0.4, 0.5) is 10.1 Å². The van der Waals surface area contributed by atoms with Crippen LogP contribution < -0.4 is 4.90 Å². The second-order valence-corrected chi connectivity index (χ2v) is 8.70. The maximum absolute atomic E-state index is 13.9. The number of alkyl halides is 1. The summed E-state index contributed by atoms with van der Waals surface area (Å²) in [4.78, 5) is 1.84. The van der Waals surface area contributed by atoms with Crippen molar-refractivity contribution in [2.24, 2.45) is 0 Å². The average Bonchev–Trinajstić information content (AvgIpc) is 2.47. The zero-order chi connectivity index (χ0) is 14.8. The van der Waals surface area contributed by atoms with Crippen LogP contribution in [0.3, 0.4) is 0 Å². The lowest BCUT2D eigenvalue weighted by Gasteiger charge is -2.37. The standard InChI is InChI=1S/C13H17BrFNO2S2/c1-2-20(17,18)13-9-19-7-6-16(13)12-5-3-4-11(15)10(12)8-14/h3-5,13H,2,6-9H2,1H3. The Labute approximate surface area is 132 Å². The summed E-state index contributed by atoms with van der Waals surface area (Å²) in [6.45, 7) is 2.28. The third-order valence-corrected chi connectivity index (χ3v) is 7.29. The Kier molecular flexibility index (Phi) is 5.36. The SMILES string of the molecule is CCS(=O)(=O)C1CSCCN1c1cccc(F)c1CBr. The van der Waals surface area contributed by atoms with Crippen LogP contribution in [0, 0.1) is 5.82 Å². The number of benzene rings is 1. The summed E-state index contributed by atoms with van der Waals surface area (Å²) in [5.41, 5.74) is 1.21. The monoisotopic (exact) mass is 381 g/mol. The largest absolute Gasteiger partial charge is 0.353 e. The van der Waals surface area contributed by atoms with Crippen molar-refractivity contribution < 1.29 is 12.8 Å². The lowest BCUT2D eigenvalue weighted by atomic mass is 10.1. The van der Waals surface area contributed by atoms with Crippen LogP contribution in [0.2, 0.25) is 0 Å². The van der Waals surface area contributed by atoms with E-state index < -0.39 is 15.2 Å². The topological polar surface area (TPSA) is 37.4 Å². The number of sulfone groups is 1. The van der Waals surface area contributed by atoms with Crippen molar-refractivity contribution in [2.75, 3.05) is 28.7 Å². The molecule has 1 aliphatic heterocycles. The number of nitrogens with zero attached hydrogens (tertiary/aromatic N) is 1. The van der Waals surface area contributed by atoms with Crippen molar-refractivity contribution in [2.45, 2.75) is 17.6 Å². The number of hydrogen-bond acceptors (Lipinski definition) is 4. The van der Waals surface area contributed by atoms with Crippen LogP contribution in [0.15, 0.2) is 18.2 Å². The van der Waals surface area contributed by atoms with E-state index in [9.17, 15) is 12.8 Å². The molecule has 2 rings (SSSR count). The Hall–Kier alpha value is -0.270. The van der Waals surface area contributed by atoms with E-state index in [0.717, 1.165) is 5.75 Å². The molecule has 7 heteroatoms. The minimum absolute atomic E-state index is 0.105. The average molecular weight is 382 g/mol. The zero-order valence-electron chi connectivity index (χ0n) is 11.2. The molecule has 0 saturated carbocycles. The van der Waals surface area contributed by atoms with E-state index in [2.05, 4.69) is 15.9 Å². The van der Waals surface area contributed by atoms with Gasteiger partial charge in [0.15, 0.2) is 9.84 Å². The van der Waals surface area contributed by atoms with Gasteiger partial charge in [-0.2, -0.15) is 11.8 Å². The van der Waals surface area contributed by atoms with Crippen LogP contribution in [0.5, 0.6) is 0 Å². The number of anilines is 1. The number of thioether (sulfide) groups is 1. The van der Waals surface area contributed by atoms with Gasteiger partial charge in [-0.15, -0.1) is 0 Å². The van der Waals surface area contributed by atoms with E-state index in [-0.39, 0.29) is 11.6 Å². The van der Waals surface area contributed by atoms with Crippen LogP contribution in [0.25, 0.3) is 0 Å². The molecule has 0 aliphatic carbocycles. The molecule has 0 amide bonds. The Morgan fingerprint density at radius 3 is 2.90 bits per heavy atom. The highest BCUT2D eigenvalue weighted by Crippen LogP contribution is 2.32. The van der Waals surface area contributed by atoms with Crippen molar-refractivity contribution in [1.82, 2.24) is 0 Å². The minimum atomic E-state index is -3.19. The summed E-state index contributed by atoms with van der Waals surface area (Å²) in [6, 6.07) is 4.84. The van der Waals surface area contributed by atoms with Crippen LogP contribution in [-0.4, -0.2) is 37.6 Å². The first-order valence-corrected chi connectivity index (χ1v) is 10.4. The van der Waals surface area contributed by atoms with Gasteiger partial charge in [-0.1, -0.05) is 28.9 Å². The summed E-state index contributed by atoms with van der Waals surface area (Å²) in [5, 5.41) is -0.191. The molecule has 0 N–H and O–H groups in total. The Bertz CT molecular complexity index is 580.